The summed E-state index contributed by atoms with van der Waals surface area (Å²) >= 11 is 0. The van der Waals surface area contributed by atoms with E-state index in [2.05, 4.69) is 13.8 Å². The molecule has 84 valence electrons. The maximum absolute atomic E-state index is 5.66. The highest BCUT2D eigenvalue weighted by Gasteiger charge is 2.19. The largest absolute Gasteiger partial charge is 0.397 e. The van der Waals surface area contributed by atoms with Crippen LogP contribution in [-0.4, -0.2) is 22.5 Å². The Hall–Kier alpha value is 0.137. The van der Waals surface area contributed by atoms with Crippen molar-refractivity contribution in [1.82, 2.24) is 0 Å². The summed E-state index contributed by atoms with van der Waals surface area (Å²) in [5.41, 5.74) is 0. The SMILES string of the molecule is CCO[SiH](CCC1CCCC1)OCC. The zero-order chi connectivity index (χ0) is 10.2. The quantitative estimate of drug-likeness (QED) is 0.609. The molecule has 2 nitrogen and oxygen atoms in total. The fourth-order valence-electron chi connectivity index (χ4n) is 2.26. The minimum absolute atomic E-state index is 0.821. The van der Waals surface area contributed by atoms with Gasteiger partial charge in [0.2, 0.25) is 0 Å². The number of rotatable bonds is 7. The van der Waals surface area contributed by atoms with E-state index in [0.29, 0.717) is 0 Å². The van der Waals surface area contributed by atoms with E-state index in [9.17, 15) is 0 Å². The van der Waals surface area contributed by atoms with Crippen molar-refractivity contribution < 1.29 is 8.85 Å². The van der Waals surface area contributed by atoms with Gasteiger partial charge in [-0.15, -0.1) is 0 Å². The van der Waals surface area contributed by atoms with Crippen molar-refractivity contribution in [1.29, 1.82) is 0 Å². The molecule has 0 bridgehead atoms. The van der Waals surface area contributed by atoms with Crippen LogP contribution in [0.25, 0.3) is 0 Å². The Morgan fingerprint density at radius 1 is 1.07 bits per heavy atom. The van der Waals surface area contributed by atoms with Gasteiger partial charge in [-0.1, -0.05) is 25.7 Å². The number of hydrogen-bond donors (Lipinski definition) is 0. The zero-order valence-electron chi connectivity index (χ0n) is 9.63. The topological polar surface area (TPSA) is 18.5 Å². The van der Waals surface area contributed by atoms with Crippen LogP contribution >= 0.6 is 0 Å². The molecule has 0 aromatic heterocycles. The first-order chi connectivity index (χ1) is 6.86. The van der Waals surface area contributed by atoms with Crippen LogP contribution < -0.4 is 0 Å². The molecule has 0 aliphatic heterocycles. The molecule has 0 amide bonds. The third kappa shape index (κ3) is 4.58. The molecule has 0 saturated heterocycles. The molecule has 0 spiro atoms. The van der Waals surface area contributed by atoms with Crippen LogP contribution in [0.2, 0.25) is 6.04 Å². The monoisotopic (exact) mass is 216 g/mol. The lowest BCUT2D eigenvalue weighted by Gasteiger charge is -2.16. The van der Waals surface area contributed by atoms with Gasteiger partial charge in [-0.2, -0.15) is 0 Å². The summed E-state index contributed by atoms with van der Waals surface area (Å²) in [5.74, 6) is 0.978. The Balaban J connectivity index is 2.10. The fraction of sp³-hybridized carbons (Fsp3) is 1.00. The van der Waals surface area contributed by atoms with E-state index in [1.807, 2.05) is 0 Å². The minimum Gasteiger partial charge on any atom is -0.397 e. The highest BCUT2D eigenvalue weighted by molar-refractivity contribution is 6.44. The third-order valence-corrected chi connectivity index (χ3v) is 5.21. The van der Waals surface area contributed by atoms with Gasteiger partial charge in [-0.25, -0.2) is 0 Å². The lowest BCUT2D eigenvalue weighted by atomic mass is 10.1. The first-order valence-electron chi connectivity index (χ1n) is 6.10. The molecule has 1 aliphatic rings. The van der Waals surface area contributed by atoms with Crippen LogP contribution in [0, 0.1) is 5.92 Å². The third-order valence-electron chi connectivity index (χ3n) is 2.99. The summed E-state index contributed by atoms with van der Waals surface area (Å²) in [4.78, 5) is 0. The summed E-state index contributed by atoms with van der Waals surface area (Å²) in [7, 11) is -1.29. The lowest BCUT2D eigenvalue weighted by Crippen LogP contribution is -2.23. The zero-order valence-corrected chi connectivity index (χ0v) is 10.8. The molecule has 1 aliphatic carbocycles. The second-order valence-corrected chi connectivity index (χ2v) is 6.17. The van der Waals surface area contributed by atoms with Crippen molar-refractivity contribution in [3.63, 3.8) is 0 Å². The van der Waals surface area contributed by atoms with Crippen LogP contribution in [0.15, 0.2) is 0 Å². The Bertz CT molecular complexity index is 129. The van der Waals surface area contributed by atoms with Crippen molar-refractivity contribution >= 4 is 9.28 Å². The lowest BCUT2D eigenvalue weighted by molar-refractivity contribution is 0.211. The van der Waals surface area contributed by atoms with E-state index < -0.39 is 9.28 Å². The van der Waals surface area contributed by atoms with Gasteiger partial charge in [0, 0.05) is 13.2 Å². The normalized spacial score (nSPS) is 18.2. The molecule has 0 radical (unpaired) electrons. The average molecular weight is 216 g/mol. The van der Waals surface area contributed by atoms with Crippen molar-refractivity contribution in [2.45, 2.75) is 52.0 Å². The van der Waals surface area contributed by atoms with Gasteiger partial charge in [-0.05, 0) is 32.2 Å². The maximum atomic E-state index is 5.66. The molecule has 0 heterocycles. The van der Waals surface area contributed by atoms with Crippen LogP contribution in [0.1, 0.15) is 46.0 Å². The predicted octanol–water partition coefficient (Wildman–Crippen LogP) is 2.86. The summed E-state index contributed by atoms with van der Waals surface area (Å²) in [6.07, 6.45) is 7.12. The molecule has 1 rings (SSSR count). The van der Waals surface area contributed by atoms with Gasteiger partial charge in [-0.3, -0.25) is 0 Å². The summed E-state index contributed by atoms with van der Waals surface area (Å²) in [6.45, 7) is 5.77. The van der Waals surface area contributed by atoms with Crippen molar-refractivity contribution in [3.05, 3.63) is 0 Å². The highest BCUT2D eigenvalue weighted by Crippen LogP contribution is 2.29. The Morgan fingerprint density at radius 2 is 1.64 bits per heavy atom. The molecule has 0 atom stereocenters. The molecule has 14 heavy (non-hydrogen) atoms. The van der Waals surface area contributed by atoms with Gasteiger partial charge in [0.25, 0.3) is 0 Å². The highest BCUT2D eigenvalue weighted by atomic mass is 28.3. The summed E-state index contributed by atoms with van der Waals surface area (Å²) in [5, 5.41) is 0. The summed E-state index contributed by atoms with van der Waals surface area (Å²) < 4.78 is 11.3. The van der Waals surface area contributed by atoms with Crippen molar-refractivity contribution in [3.8, 4) is 0 Å². The van der Waals surface area contributed by atoms with Crippen LogP contribution in [0.3, 0.4) is 0 Å². The van der Waals surface area contributed by atoms with E-state index in [1.54, 1.807) is 0 Å². The smallest absolute Gasteiger partial charge is 0.321 e. The van der Waals surface area contributed by atoms with Gasteiger partial charge in [0.1, 0.15) is 0 Å². The van der Waals surface area contributed by atoms with E-state index in [4.69, 9.17) is 8.85 Å². The molecule has 0 aromatic carbocycles. The van der Waals surface area contributed by atoms with Gasteiger partial charge >= 0.3 is 9.28 Å². The van der Waals surface area contributed by atoms with E-state index in [-0.39, 0.29) is 0 Å². The van der Waals surface area contributed by atoms with E-state index >= 15 is 0 Å². The average Bonchev–Trinajstić information content (AvgIpc) is 2.67. The van der Waals surface area contributed by atoms with Gasteiger partial charge in [0.05, 0.1) is 0 Å². The van der Waals surface area contributed by atoms with Crippen LogP contribution in [-0.2, 0) is 8.85 Å². The molecule has 0 N–H and O–H groups in total. The minimum atomic E-state index is -1.29. The van der Waals surface area contributed by atoms with Crippen LogP contribution in [0.5, 0.6) is 0 Å². The molecule has 1 fully saturated rings. The number of hydrogen-bond acceptors (Lipinski definition) is 2. The van der Waals surface area contributed by atoms with Crippen LogP contribution in [0.4, 0.5) is 0 Å². The Labute approximate surface area is 89.8 Å². The second kappa shape index (κ2) is 7.43. The second-order valence-electron chi connectivity index (χ2n) is 4.07. The first kappa shape index (κ1) is 12.2. The molecule has 0 aromatic rings. The molecule has 1 saturated carbocycles. The fourth-order valence-corrected chi connectivity index (χ4v) is 4.17. The van der Waals surface area contributed by atoms with Crippen molar-refractivity contribution in [2.75, 3.05) is 13.2 Å². The Morgan fingerprint density at radius 3 is 2.14 bits per heavy atom. The molecular formula is C11H24O2Si. The van der Waals surface area contributed by atoms with Crippen molar-refractivity contribution in [2.24, 2.45) is 5.92 Å². The first-order valence-corrected chi connectivity index (χ1v) is 7.86. The molecular weight excluding hydrogens is 192 g/mol. The van der Waals surface area contributed by atoms with Gasteiger partial charge in [0.15, 0.2) is 0 Å². The standard InChI is InChI=1S/C11H24O2Si/c1-3-12-14(13-4-2)10-9-11-7-5-6-8-11/h11,14H,3-10H2,1-2H3. The van der Waals surface area contributed by atoms with Gasteiger partial charge < -0.3 is 8.85 Å². The molecule has 3 heteroatoms. The predicted molar refractivity (Wildman–Crippen MR) is 61.8 cm³/mol. The summed E-state index contributed by atoms with van der Waals surface area (Å²) in [6, 6.07) is 1.21. The van der Waals surface area contributed by atoms with E-state index in [0.717, 1.165) is 19.1 Å². The maximum Gasteiger partial charge on any atom is 0.321 e. The van der Waals surface area contributed by atoms with E-state index in [1.165, 1.54) is 38.1 Å². The molecule has 0 unspecified atom stereocenters. The Kier molecular flexibility index (Phi) is 6.48.